The molecule has 0 heterocycles. The standard InChI is InChI=1S/C10H10INO/c1-2-8(7-12)13-10-6-4-3-5-9(10)11/h3-6,8H,2H2,1H3. The molecule has 0 radical (unpaired) electrons. The number of nitriles is 1. The summed E-state index contributed by atoms with van der Waals surface area (Å²) in [5, 5.41) is 8.70. The molecule has 0 fully saturated rings. The number of benzene rings is 1. The summed E-state index contributed by atoms with van der Waals surface area (Å²) in [4.78, 5) is 0. The van der Waals surface area contributed by atoms with Gasteiger partial charge in [-0.2, -0.15) is 5.26 Å². The second-order valence-electron chi connectivity index (χ2n) is 2.57. The summed E-state index contributed by atoms with van der Waals surface area (Å²) >= 11 is 2.19. The van der Waals surface area contributed by atoms with Crippen LogP contribution in [-0.2, 0) is 0 Å². The van der Waals surface area contributed by atoms with Gasteiger partial charge in [0.25, 0.3) is 0 Å². The van der Waals surface area contributed by atoms with Crippen molar-refractivity contribution in [2.45, 2.75) is 19.4 Å². The van der Waals surface area contributed by atoms with E-state index in [4.69, 9.17) is 10.00 Å². The Morgan fingerprint density at radius 3 is 2.77 bits per heavy atom. The first-order chi connectivity index (χ1) is 6.27. The lowest BCUT2D eigenvalue weighted by molar-refractivity contribution is 0.250. The zero-order valence-corrected chi connectivity index (χ0v) is 9.48. The van der Waals surface area contributed by atoms with Crippen LogP contribution in [0.2, 0.25) is 0 Å². The van der Waals surface area contributed by atoms with E-state index in [0.29, 0.717) is 6.42 Å². The fourth-order valence-electron chi connectivity index (χ4n) is 0.895. The predicted molar refractivity (Wildman–Crippen MR) is 59.5 cm³/mol. The van der Waals surface area contributed by atoms with Crippen molar-refractivity contribution in [3.63, 3.8) is 0 Å². The smallest absolute Gasteiger partial charge is 0.184 e. The number of ether oxygens (including phenoxy) is 1. The highest BCUT2D eigenvalue weighted by Gasteiger charge is 2.07. The first-order valence-electron chi connectivity index (χ1n) is 4.08. The highest BCUT2D eigenvalue weighted by atomic mass is 127. The summed E-state index contributed by atoms with van der Waals surface area (Å²) in [7, 11) is 0. The van der Waals surface area contributed by atoms with Crippen LogP contribution in [0.15, 0.2) is 24.3 Å². The van der Waals surface area contributed by atoms with Crippen LogP contribution in [0.1, 0.15) is 13.3 Å². The molecule has 68 valence electrons. The molecule has 0 amide bonds. The summed E-state index contributed by atoms with van der Waals surface area (Å²) in [5.41, 5.74) is 0. The Labute approximate surface area is 91.7 Å². The molecule has 0 bridgehead atoms. The van der Waals surface area contributed by atoms with Gasteiger partial charge in [-0.25, -0.2) is 0 Å². The number of halogens is 1. The third-order valence-corrected chi connectivity index (χ3v) is 2.51. The van der Waals surface area contributed by atoms with Gasteiger partial charge in [-0.15, -0.1) is 0 Å². The maximum absolute atomic E-state index is 8.70. The SMILES string of the molecule is CCC(C#N)Oc1ccccc1I. The highest BCUT2D eigenvalue weighted by Crippen LogP contribution is 2.21. The van der Waals surface area contributed by atoms with Crippen LogP contribution in [0.25, 0.3) is 0 Å². The van der Waals surface area contributed by atoms with E-state index in [1.165, 1.54) is 0 Å². The summed E-state index contributed by atoms with van der Waals surface area (Å²) in [6.45, 7) is 1.93. The van der Waals surface area contributed by atoms with Crippen LogP contribution in [0, 0.1) is 14.9 Å². The first kappa shape index (κ1) is 10.3. The molecule has 0 aliphatic carbocycles. The number of para-hydroxylation sites is 1. The van der Waals surface area contributed by atoms with Crippen molar-refractivity contribution in [1.29, 1.82) is 5.26 Å². The summed E-state index contributed by atoms with van der Waals surface area (Å²) < 4.78 is 6.51. The van der Waals surface area contributed by atoms with Gasteiger partial charge >= 0.3 is 0 Å². The molecule has 0 saturated heterocycles. The van der Waals surface area contributed by atoms with E-state index in [2.05, 4.69) is 28.7 Å². The van der Waals surface area contributed by atoms with E-state index in [1.54, 1.807) is 0 Å². The highest BCUT2D eigenvalue weighted by molar-refractivity contribution is 14.1. The minimum atomic E-state index is -0.337. The van der Waals surface area contributed by atoms with Gasteiger partial charge in [0.05, 0.1) is 3.57 Å². The Kier molecular flexibility index (Phi) is 4.03. The van der Waals surface area contributed by atoms with Gasteiger partial charge in [0.15, 0.2) is 6.10 Å². The molecule has 0 saturated carbocycles. The molecule has 1 atom stereocenters. The van der Waals surface area contributed by atoms with Crippen LogP contribution in [-0.4, -0.2) is 6.10 Å². The lowest BCUT2D eigenvalue weighted by Gasteiger charge is -2.11. The van der Waals surface area contributed by atoms with Crippen LogP contribution >= 0.6 is 22.6 Å². The molecule has 0 spiro atoms. The molecule has 3 heteroatoms. The molecule has 2 nitrogen and oxygen atoms in total. The van der Waals surface area contributed by atoms with Crippen LogP contribution in [0.3, 0.4) is 0 Å². The van der Waals surface area contributed by atoms with Gasteiger partial charge in [-0.05, 0) is 41.1 Å². The van der Waals surface area contributed by atoms with Crippen molar-refractivity contribution < 1.29 is 4.74 Å². The van der Waals surface area contributed by atoms with E-state index in [0.717, 1.165) is 9.32 Å². The van der Waals surface area contributed by atoms with E-state index < -0.39 is 0 Å². The normalized spacial score (nSPS) is 11.8. The first-order valence-corrected chi connectivity index (χ1v) is 5.16. The summed E-state index contributed by atoms with van der Waals surface area (Å²) in [6, 6.07) is 9.79. The van der Waals surface area contributed by atoms with Crippen molar-refractivity contribution in [2.75, 3.05) is 0 Å². The van der Waals surface area contributed by atoms with Gasteiger partial charge in [0, 0.05) is 0 Å². The number of hydrogen-bond donors (Lipinski definition) is 0. The minimum absolute atomic E-state index is 0.337. The Balaban J connectivity index is 2.74. The Bertz CT molecular complexity index is 319. The number of rotatable bonds is 3. The Hall–Kier alpha value is -0.760. The van der Waals surface area contributed by atoms with Gasteiger partial charge < -0.3 is 4.74 Å². The van der Waals surface area contributed by atoms with E-state index >= 15 is 0 Å². The third-order valence-electron chi connectivity index (χ3n) is 1.62. The molecular formula is C10H10INO. The zero-order valence-electron chi connectivity index (χ0n) is 7.33. The largest absolute Gasteiger partial charge is 0.474 e. The quantitative estimate of drug-likeness (QED) is 0.801. The molecule has 0 aliphatic rings. The number of nitrogens with zero attached hydrogens (tertiary/aromatic N) is 1. The zero-order chi connectivity index (χ0) is 9.68. The van der Waals surface area contributed by atoms with Gasteiger partial charge in [0.2, 0.25) is 0 Å². The van der Waals surface area contributed by atoms with Crippen molar-refractivity contribution in [3.8, 4) is 11.8 Å². The Morgan fingerprint density at radius 1 is 1.54 bits per heavy atom. The molecule has 0 aromatic heterocycles. The molecule has 0 N–H and O–H groups in total. The molecule has 13 heavy (non-hydrogen) atoms. The maximum Gasteiger partial charge on any atom is 0.184 e. The van der Waals surface area contributed by atoms with E-state index in [9.17, 15) is 0 Å². The Morgan fingerprint density at radius 2 is 2.23 bits per heavy atom. The van der Waals surface area contributed by atoms with Crippen molar-refractivity contribution >= 4 is 22.6 Å². The predicted octanol–water partition coefficient (Wildman–Crippen LogP) is 2.97. The van der Waals surface area contributed by atoms with Crippen LogP contribution < -0.4 is 4.74 Å². The second-order valence-corrected chi connectivity index (χ2v) is 3.74. The molecule has 1 aromatic carbocycles. The van der Waals surface area contributed by atoms with Gasteiger partial charge in [-0.3, -0.25) is 0 Å². The van der Waals surface area contributed by atoms with Gasteiger partial charge in [-0.1, -0.05) is 19.1 Å². The molecule has 1 rings (SSSR count). The summed E-state index contributed by atoms with van der Waals surface area (Å²) in [5.74, 6) is 0.788. The second kappa shape index (κ2) is 5.07. The van der Waals surface area contributed by atoms with Crippen LogP contribution in [0.5, 0.6) is 5.75 Å². The lowest BCUT2D eigenvalue weighted by Crippen LogP contribution is -2.12. The molecule has 1 aromatic rings. The van der Waals surface area contributed by atoms with E-state index in [1.807, 2.05) is 31.2 Å². The van der Waals surface area contributed by atoms with Crippen LogP contribution in [0.4, 0.5) is 0 Å². The average Bonchev–Trinajstić information content (AvgIpc) is 2.17. The molecule has 1 unspecified atom stereocenters. The van der Waals surface area contributed by atoms with Crippen molar-refractivity contribution in [3.05, 3.63) is 27.8 Å². The minimum Gasteiger partial charge on any atom is -0.474 e. The maximum atomic E-state index is 8.70. The average molecular weight is 287 g/mol. The fourth-order valence-corrected chi connectivity index (χ4v) is 1.41. The number of hydrogen-bond acceptors (Lipinski definition) is 2. The lowest BCUT2D eigenvalue weighted by atomic mass is 10.3. The monoisotopic (exact) mass is 287 g/mol. The topological polar surface area (TPSA) is 33.0 Å². The third kappa shape index (κ3) is 2.88. The molecular weight excluding hydrogens is 277 g/mol. The summed E-state index contributed by atoms with van der Waals surface area (Å²) in [6.07, 6.45) is 0.373. The van der Waals surface area contributed by atoms with Gasteiger partial charge in [0.1, 0.15) is 11.8 Å². The molecule has 0 aliphatic heterocycles. The fraction of sp³-hybridized carbons (Fsp3) is 0.300. The van der Waals surface area contributed by atoms with E-state index in [-0.39, 0.29) is 6.10 Å². The van der Waals surface area contributed by atoms with Crippen molar-refractivity contribution in [1.82, 2.24) is 0 Å². The van der Waals surface area contributed by atoms with Crippen molar-refractivity contribution in [2.24, 2.45) is 0 Å².